The van der Waals surface area contributed by atoms with E-state index in [2.05, 4.69) is 15.5 Å². The second-order valence-electron chi connectivity index (χ2n) is 5.11. The predicted octanol–water partition coefficient (Wildman–Crippen LogP) is 0.284. The van der Waals surface area contributed by atoms with Gasteiger partial charge in [-0.05, 0) is 19.1 Å². The highest BCUT2D eigenvalue weighted by molar-refractivity contribution is 5.97. The number of urea groups is 1. The van der Waals surface area contributed by atoms with Gasteiger partial charge in [0.15, 0.2) is 12.3 Å². The summed E-state index contributed by atoms with van der Waals surface area (Å²) in [6, 6.07) is 8.61. The Hall–Kier alpha value is -3.23. The normalized spacial score (nSPS) is 13.7. The number of imide groups is 1. The van der Waals surface area contributed by atoms with Gasteiger partial charge in [0.05, 0.1) is 11.4 Å². The molecule has 0 aliphatic carbocycles. The summed E-state index contributed by atoms with van der Waals surface area (Å²) in [7, 11) is 0. The SMILES string of the molecule is Cc1nn(-c2ccccc2)nc1C(=O)OCC(=O)N1CCNC1=O. The molecule has 3 rings (SSSR count). The van der Waals surface area contributed by atoms with E-state index in [1.54, 1.807) is 19.1 Å². The fourth-order valence-corrected chi connectivity index (χ4v) is 2.23. The number of hydrogen-bond acceptors (Lipinski definition) is 6. The quantitative estimate of drug-likeness (QED) is 0.808. The fourth-order valence-electron chi connectivity index (χ4n) is 2.23. The molecule has 0 atom stereocenters. The summed E-state index contributed by atoms with van der Waals surface area (Å²) in [4.78, 5) is 37.6. The van der Waals surface area contributed by atoms with Crippen LogP contribution >= 0.6 is 0 Å². The van der Waals surface area contributed by atoms with Gasteiger partial charge in [-0.2, -0.15) is 9.90 Å². The zero-order chi connectivity index (χ0) is 17.1. The van der Waals surface area contributed by atoms with Gasteiger partial charge in [0, 0.05) is 13.1 Å². The first-order valence-electron chi connectivity index (χ1n) is 7.31. The number of aryl methyl sites for hydroxylation is 1. The molecule has 0 unspecified atom stereocenters. The van der Waals surface area contributed by atoms with Gasteiger partial charge in [0.25, 0.3) is 5.91 Å². The number of nitrogens with one attached hydrogen (secondary N) is 1. The van der Waals surface area contributed by atoms with Crippen LogP contribution in [0, 0.1) is 6.92 Å². The fraction of sp³-hybridized carbons (Fsp3) is 0.267. The van der Waals surface area contributed by atoms with Crippen LogP contribution in [0.25, 0.3) is 5.69 Å². The maximum atomic E-state index is 12.1. The molecule has 1 saturated heterocycles. The summed E-state index contributed by atoms with van der Waals surface area (Å²) < 4.78 is 4.95. The van der Waals surface area contributed by atoms with Gasteiger partial charge in [0.2, 0.25) is 0 Å². The summed E-state index contributed by atoms with van der Waals surface area (Å²) in [6.45, 7) is 1.75. The molecule has 1 fully saturated rings. The highest BCUT2D eigenvalue weighted by Gasteiger charge is 2.27. The number of amides is 3. The van der Waals surface area contributed by atoms with Crippen LogP contribution < -0.4 is 5.32 Å². The van der Waals surface area contributed by atoms with E-state index in [0.29, 0.717) is 17.9 Å². The number of rotatable bonds is 4. The lowest BCUT2D eigenvalue weighted by atomic mass is 10.3. The molecular formula is C15H15N5O4. The highest BCUT2D eigenvalue weighted by atomic mass is 16.5. The molecule has 1 aliphatic rings. The van der Waals surface area contributed by atoms with Gasteiger partial charge in [-0.25, -0.2) is 9.59 Å². The standard InChI is InChI=1S/C15H15N5O4/c1-10-13(18-20(17-10)11-5-3-2-4-6-11)14(22)24-9-12(21)19-8-7-16-15(19)23/h2-6H,7-9H2,1H3,(H,16,23). The average Bonchev–Trinajstić information content (AvgIpc) is 3.19. The van der Waals surface area contributed by atoms with Crippen molar-refractivity contribution in [1.29, 1.82) is 0 Å². The maximum absolute atomic E-state index is 12.1. The van der Waals surface area contributed by atoms with Crippen molar-refractivity contribution in [2.24, 2.45) is 0 Å². The molecule has 1 aromatic heterocycles. The van der Waals surface area contributed by atoms with Gasteiger partial charge >= 0.3 is 12.0 Å². The number of carbonyl (C=O) groups excluding carboxylic acids is 3. The molecule has 24 heavy (non-hydrogen) atoms. The highest BCUT2D eigenvalue weighted by Crippen LogP contribution is 2.09. The molecule has 0 saturated carbocycles. The van der Waals surface area contributed by atoms with Crippen LogP contribution in [0.15, 0.2) is 30.3 Å². The number of nitrogens with zero attached hydrogens (tertiary/aromatic N) is 4. The van der Waals surface area contributed by atoms with Crippen LogP contribution in [0.5, 0.6) is 0 Å². The van der Waals surface area contributed by atoms with E-state index in [0.717, 1.165) is 4.90 Å². The molecule has 1 aliphatic heterocycles. The Morgan fingerprint density at radius 2 is 2.00 bits per heavy atom. The van der Waals surface area contributed by atoms with E-state index in [-0.39, 0.29) is 12.2 Å². The van der Waals surface area contributed by atoms with Crippen molar-refractivity contribution in [1.82, 2.24) is 25.2 Å². The largest absolute Gasteiger partial charge is 0.451 e. The van der Waals surface area contributed by atoms with Crippen molar-refractivity contribution < 1.29 is 19.1 Å². The zero-order valence-electron chi connectivity index (χ0n) is 12.9. The zero-order valence-corrected chi connectivity index (χ0v) is 12.9. The van der Waals surface area contributed by atoms with Gasteiger partial charge in [0.1, 0.15) is 0 Å². The molecule has 3 amide bonds. The molecule has 0 spiro atoms. The molecule has 0 bridgehead atoms. The first-order valence-corrected chi connectivity index (χ1v) is 7.31. The molecule has 124 valence electrons. The van der Waals surface area contributed by atoms with Gasteiger partial charge in [-0.3, -0.25) is 9.69 Å². The number of hydrogen-bond donors (Lipinski definition) is 1. The second-order valence-corrected chi connectivity index (χ2v) is 5.11. The van der Waals surface area contributed by atoms with Crippen LogP contribution in [-0.2, 0) is 9.53 Å². The third-order valence-electron chi connectivity index (χ3n) is 3.45. The number of para-hydroxylation sites is 1. The monoisotopic (exact) mass is 329 g/mol. The van der Waals surface area contributed by atoms with E-state index in [9.17, 15) is 14.4 Å². The van der Waals surface area contributed by atoms with Gasteiger partial charge in [-0.1, -0.05) is 18.2 Å². The van der Waals surface area contributed by atoms with Gasteiger partial charge < -0.3 is 10.1 Å². The number of carbonyl (C=O) groups is 3. The van der Waals surface area contributed by atoms with E-state index < -0.39 is 24.5 Å². The van der Waals surface area contributed by atoms with Crippen molar-refractivity contribution in [2.45, 2.75) is 6.92 Å². The number of benzene rings is 1. The summed E-state index contributed by atoms with van der Waals surface area (Å²) in [5, 5.41) is 10.8. The molecule has 9 nitrogen and oxygen atoms in total. The molecule has 1 aromatic carbocycles. The molecule has 2 heterocycles. The lowest BCUT2D eigenvalue weighted by molar-refractivity contribution is -0.130. The van der Waals surface area contributed by atoms with E-state index >= 15 is 0 Å². The Kier molecular flexibility index (Phi) is 4.23. The molecule has 2 aromatic rings. The minimum absolute atomic E-state index is 0.0255. The number of esters is 1. The van der Waals surface area contributed by atoms with Crippen LogP contribution in [-0.4, -0.2) is 57.5 Å². The predicted molar refractivity (Wildman–Crippen MR) is 81.5 cm³/mol. The maximum Gasteiger partial charge on any atom is 0.361 e. The third kappa shape index (κ3) is 3.09. The second kappa shape index (κ2) is 6.49. The topological polar surface area (TPSA) is 106 Å². The Morgan fingerprint density at radius 1 is 1.25 bits per heavy atom. The van der Waals surface area contributed by atoms with Crippen molar-refractivity contribution in [3.8, 4) is 5.69 Å². The van der Waals surface area contributed by atoms with Crippen molar-refractivity contribution in [3.63, 3.8) is 0 Å². The summed E-state index contributed by atoms with van der Waals surface area (Å²) in [6.07, 6.45) is 0. The Bertz CT molecular complexity index is 786. The number of ether oxygens (including phenoxy) is 1. The summed E-state index contributed by atoms with van der Waals surface area (Å²) in [5.41, 5.74) is 1.11. The summed E-state index contributed by atoms with van der Waals surface area (Å²) >= 11 is 0. The first kappa shape index (κ1) is 15.7. The van der Waals surface area contributed by atoms with E-state index in [1.807, 2.05) is 18.2 Å². The van der Waals surface area contributed by atoms with Crippen LogP contribution in [0.1, 0.15) is 16.2 Å². The average molecular weight is 329 g/mol. The Morgan fingerprint density at radius 3 is 2.67 bits per heavy atom. The first-order chi connectivity index (χ1) is 11.6. The molecule has 1 N–H and O–H groups in total. The van der Waals surface area contributed by atoms with E-state index in [1.165, 1.54) is 4.80 Å². The van der Waals surface area contributed by atoms with Crippen LogP contribution in [0.4, 0.5) is 4.79 Å². The summed E-state index contributed by atoms with van der Waals surface area (Å²) in [5.74, 6) is -1.34. The Labute approximate surface area is 137 Å². The lowest BCUT2D eigenvalue weighted by Crippen LogP contribution is -2.37. The smallest absolute Gasteiger partial charge is 0.361 e. The molecule has 9 heteroatoms. The van der Waals surface area contributed by atoms with Crippen molar-refractivity contribution in [2.75, 3.05) is 19.7 Å². The van der Waals surface area contributed by atoms with Gasteiger partial charge in [-0.15, -0.1) is 5.10 Å². The molecule has 0 radical (unpaired) electrons. The van der Waals surface area contributed by atoms with E-state index in [4.69, 9.17) is 4.74 Å². The third-order valence-corrected chi connectivity index (χ3v) is 3.45. The number of aromatic nitrogens is 3. The van der Waals surface area contributed by atoms with Crippen LogP contribution in [0.3, 0.4) is 0 Å². The minimum atomic E-state index is -0.761. The molecular weight excluding hydrogens is 314 g/mol. The van der Waals surface area contributed by atoms with Crippen LogP contribution in [0.2, 0.25) is 0 Å². The lowest BCUT2D eigenvalue weighted by Gasteiger charge is -2.11. The van der Waals surface area contributed by atoms with Crippen molar-refractivity contribution >= 4 is 17.9 Å². The Balaban J connectivity index is 1.66. The van der Waals surface area contributed by atoms with Crippen molar-refractivity contribution in [3.05, 3.63) is 41.7 Å². The minimum Gasteiger partial charge on any atom is -0.451 e.